The molecule has 1 heterocycles. The number of benzene rings is 4. The first-order valence-electron chi connectivity index (χ1n) is 9.05. The molecule has 0 spiro atoms. The van der Waals surface area contributed by atoms with Crippen molar-refractivity contribution in [1.82, 2.24) is 5.06 Å². The van der Waals surface area contributed by atoms with Crippen molar-refractivity contribution in [3.63, 3.8) is 0 Å². The second-order valence-corrected chi connectivity index (χ2v) is 7.28. The lowest BCUT2D eigenvalue weighted by Crippen LogP contribution is -2.26. The van der Waals surface area contributed by atoms with Crippen molar-refractivity contribution in [2.75, 3.05) is 0 Å². The Morgan fingerprint density at radius 1 is 0.778 bits per heavy atom. The maximum absolute atomic E-state index is 6.32. The smallest absolute Gasteiger partial charge is 0.153 e. The molecule has 4 aromatic carbocycles. The summed E-state index contributed by atoms with van der Waals surface area (Å²) < 4.78 is 0. The van der Waals surface area contributed by atoms with Crippen LogP contribution >= 0.6 is 11.6 Å². The van der Waals surface area contributed by atoms with E-state index < -0.39 is 0 Å². The van der Waals surface area contributed by atoms with Crippen molar-refractivity contribution in [2.24, 2.45) is 0 Å². The summed E-state index contributed by atoms with van der Waals surface area (Å²) >= 11 is 6.04. The predicted molar refractivity (Wildman–Crippen MR) is 110 cm³/mol. The Hall–Kier alpha value is -2.81. The largest absolute Gasteiger partial charge is 0.404 e. The van der Waals surface area contributed by atoms with Gasteiger partial charge in [0.1, 0.15) is 0 Å². The van der Waals surface area contributed by atoms with E-state index in [0.29, 0.717) is 6.54 Å². The normalized spacial score (nSPS) is 16.3. The molecule has 0 saturated carbocycles. The number of hydrogen-bond donors (Lipinski definition) is 0. The summed E-state index contributed by atoms with van der Waals surface area (Å²) in [7, 11) is 0. The van der Waals surface area contributed by atoms with Gasteiger partial charge in [-0.15, -0.1) is 5.06 Å². The molecule has 0 fully saturated rings. The van der Waals surface area contributed by atoms with Gasteiger partial charge in [-0.3, -0.25) is 0 Å². The van der Waals surface area contributed by atoms with Crippen molar-refractivity contribution in [2.45, 2.75) is 12.6 Å². The minimum Gasteiger partial charge on any atom is -0.404 e. The van der Waals surface area contributed by atoms with E-state index in [1.807, 2.05) is 30.3 Å². The Morgan fingerprint density at radius 3 is 2.19 bits per heavy atom. The van der Waals surface area contributed by atoms with E-state index in [-0.39, 0.29) is 6.04 Å². The van der Waals surface area contributed by atoms with Crippen LogP contribution in [0.2, 0.25) is 5.02 Å². The van der Waals surface area contributed by atoms with E-state index in [2.05, 4.69) is 65.7 Å². The fourth-order valence-corrected chi connectivity index (χ4v) is 3.86. The van der Waals surface area contributed by atoms with E-state index in [0.717, 1.165) is 16.3 Å². The highest BCUT2D eigenvalue weighted by Crippen LogP contribution is 2.44. The second kappa shape index (κ2) is 6.73. The number of nitrogens with zero attached hydrogens (tertiary/aromatic N) is 1. The molecule has 0 amide bonds. The zero-order valence-corrected chi connectivity index (χ0v) is 15.4. The number of hydroxylamine groups is 2. The summed E-state index contributed by atoms with van der Waals surface area (Å²) in [6.45, 7) is 0.682. The SMILES string of the molecule is Clc1ccc(CN2Oc3cc4ccccc4cc3C2c2ccccc2)cc1. The van der Waals surface area contributed by atoms with E-state index in [9.17, 15) is 0 Å². The molecule has 1 unspecified atom stereocenters. The molecule has 27 heavy (non-hydrogen) atoms. The van der Waals surface area contributed by atoms with Gasteiger partial charge in [0.25, 0.3) is 0 Å². The Labute approximate surface area is 163 Å². The molecular weight excluding hydrogens is 354 g/mol. The maximum atomic E-state index is 6.32. The molecule has 5 rings (SSSR count). The van der Waals surface area contributed by atoms with Gasteiger partial charge in [-0.05, 0) is 46.2 Å². The molecule has 2 nitrogen and oxygen atoms in total. The minimum atomic E-state index is 0.0569. The third-order valence-corrected chi connectivity index (χ3v) is 5.30. The molecule has 1 atom stereocenters. The summed E-state index contributed by atoms with van der Waals surface area (Å²) in [5.41, 5.74) is 3.59. The van der Waals surface area contributed by atoms with Crippen molar-refractivity contribution in [3.8, 4) is 5.75 Å². The standard InChI is InChI=1S/C24H18ClNO/c25-21-12-10-17(11-13-21)16-26-24(18-6-2-1-3-7-18)22-14-19-8-4-5-9-20(19)15-23(22)27-26/h1-15,24H,16H2. The highest BCUT2D eigenvalue weighted by atomic mass is 35.5. The lowest BCUT2D eigenvalue weighted by molar-refractivity contribution is -0.0682. The average Bonchev–Trinajstić information content (AvgIpc) is 3.05. The minimum absolute atomic E-state index is 0.0569. The third kappa shape index (κ3) is 3.08. The molecule has 0 radical (unpaired) electrons. The van der Waals surface area contributed by atoms with Crippen LogP contribution in [0.25, 0.3) is 10.8 Å². The first-order valence-corrected chi connectivity index (χ1v) is 9.42. The quantitative estimate of drug-likeness (QED) is 0.413. The summed E-state index contributed by atoms with van der Waals surface area (Å²) in [6.07, 6.45) is 0. The topological polar surface area (TPSA) is 12.5 Å². The molecule has 0 N–H and O–H groups in total. The molecule has 0 aliphatic carbocycles. The molecule has 132 valence electrons. The van der Waals surface area contributed by atoms with Gasteiger partial charge in [0, 0.05) is 10.6 Å². The van der Waals surface area contributed by atoms with Gasteiger partial charge < -0.3 is 4.84 Å². The monoisotopic (exact) mass is 371 g/mol. The molecule has 1 aliphatic rings. The summed E-state index contributed by atoms with van der Waals surface area (Å²) in [5, 5.41) is 5.23. The van der Waals surface area contributed by atoms with E-state index in [1.165, 1.54) is 21.9 Å². The lowest BCUT2D eigenvalue weighted by atomic mass is 9.96. The Balaban J connectivity index is 1.59. The third-order valence-electron chi connectivity index (χ3n) is 5.04. The number of halogens is 1. The number of hydrogen-bond acceptors (Lipinski definition) is 2. The van der Waals surface area contributed by atoms with Crippen LogP contribution in [0.1, 0.15) is 22.7 Å². The summed E-state index contributed by atoms with van der Waals surface area (Å²) in [6, 6.07) is 31.3. The highest BCUT2D eigenvalue weighted by molar-refractivity contribution is 6.30. The van der Waals surface area contributed by atoms with Gasteiger partial charge >= 0.3 is 0 Å². The van der Waals surface area contributed by atoms with Crippen LogP contribution in [0.4, 0.5) is 0 Å². The molecule has 3 heteroatoms. The van der Waals surface area contributed by atoms with Gasteiger partial charge in [-0.1, -0.05) is 78.3 Å². The van der Waals surface area contributed by atoms with Crippen LogP contribution in [-0.2, 0) is 6.54 Å². The Bertz CT molecular complexity index is 1090. The van der Waals surface area contributed by atoms with Crippen LogP contribution < -0.4 is 4.84 Å². The molecule has 0 bridgehead atoms. The Morgan fingerprint density at radius 2 is 1.44 bits per heavy atom. The number of rotatable bonds is 3. The van der Waals surface area contributed by atoms with Crippen LogP contribution in [0.3, 0.4) is 0 Å². The maximum Gasteiger partial charge on any atom is 0.153 e. The van der Waals surface area contributed by atoms with E-state index in [4.69, 9.17) is 16.4 Å². The molecule has 0 saturated heterocycles. The summed E-state index contributed by atoms with van der Waals surface area (Å²) in [4.78, 5) is 6.32. The van der Waals surface area contributed by atoms with Crippen molar-refractivity contribution >= 4 is 22.4 Å². The van der Waals surface area contributed by atoms with Crippen LogP contribution in [0, 0.1) is 0 Å². The van der Waals surface area contributed by atoms with Crippen LogP contribution in [0.5, 0.6) is 5.75 Å². The van der Waals surface area contributed by atoms with Gasteiger partial charge in [-0.25, -0.2) is 0 Å². The zero-order chi connectivity index (χ0) is 18.2. The fraction of sp³-hybridized carbons (Fsp3) is 0.0833. The van der Waals surface area contributed by atoms with Gasteiger partial charge in [0.05, 0.1) is 12.6 Å². The first-order chi connectivity index (χ1) is 13.3. The highest BCUT2D eigenvalue weighted by Gasteiger charge is 2.34. The average molecular weight is 372 g/mol. The first kappa shape index (κ1) is 16.4. The van der Waals surface area contributed by atoms with Crippen molar-refractivity contribution in [3.05, 3.63) is 113 Å². The Kier molecular flexibility index (Phi) is 4.08. The van der Waals surface area contributed by atoms with E-state index in [1.54, 1.807) is 0 Å². The number of fused-ring (bicyclic) bond motifs is 2. The fourth-order valence-electron chi connectivity index (χ4n) is 3.74. The van der Waals surface area contributed by atoms with Gasteiger partial charge in [0.15, 0.2) is 5.75 Å². The van der Waals surface area contributed by atoms with E-state index >= 15 is 0 Å². The zero-order valence-electron chi connectivity index (χ0n) is 14.7. The van der Waals surface area contributed by atoms with Crippen molar-refractivity contribution in [1.29, 1.82) is 0 Å². The predicted octanol–water partition coefficient (Wildman–Crippen LogP) is 6.39. The molecule has 1 aliphatic heterocycles. The molecular formula is C24H18ClNO. The summed E-state index contributed by atoms with van der Waals surface area (Å²) in [5.74, 6) is 0.927. The second-order valence-electron chi connectivity index (χ2n) is 6.84. The lowest BCUT2D eigenvalue weighted by Gasteiger charge is -2.23. The molecule has 4 aromatic rings. The van der Waals surface area contributed by atoms with Gasteiger partial charge in [-0.2, -0.15) is 0 Å². The van der Waals surface area contributed by atoms with Crippen LogP contribution in [0.15, 0.2) is 91.0 Å². The van der Waals surface area contributed by atoms with Gasteiger partial charge in [0.2, 0.25) is 0 Å². The van der Waals surface area contributed by atoms with Crippen molar-refractivity contribution < 1.29 is 4.84 Å². The molecule has 0 aromatic heterocycles. The van der Waals surface area contributed by atoms with Crippen LogP contribution in [-0.4, -0.2) is 5.06 Å².